The van der Waals surface area contributed by atoms with E-state index in [0.717, 1.165) is 11.3 Å². The number of rotatable bonds is 6. The van der Waals surface area contributed by atoms with Crippen molar-refractivity contribution in [3.8, 4) is 16.9 Å². The molecule has 0 aliphatic heterocycles. The number of primary amides is 1. The Labute approximate surface area is 163 Å². The van der Waals surface area contributed by atoms with Crippen molar-refractivity contribution < 1.29 is 14.3 Å². The highest BCUT2D eigenvalue weighted by Gasteiger charge is 2.23. The maximum Gasteiger partial charge on any atom is 0.342 e. The van der Waals surface area contributed by atoms with Crippen molar-refractivity contribution in [2.45, 2.75) is 32.8 Å². The van der Waals surface area contributed by atoms with Gasteiger partial charge in [-0.1, -0.05) is 56.3 Å². The molecule has 3 rings (SSSR count). The zero-order chi connectivity index (χ0) is 20.3. The number of aromatic nitrogens is 2. The van der Waals surface area contributed by atoms with Crippen molar-refractivity contribution in [1.82, 2.24) is 9.78 Å². The van der Waals surface area contributed by atoms with Crippen LogP contribution in [-0.2, 0) is 9.53 Å². The minimum Gasteiger partial charge on any atom is -0.449 e. The number of amides is 1. The number of nitrogens with two attached hydrogens (primary N) is 1. The van der Waals surface area contributed by atoms with Crippen LogP contribution in [0.3, 0.4) is 0 Å². The van der Waals surface area contributed by atoms with Crippen LogP contribution in [0.2, 0.25) is 0 Å². The van der Waals surface area contributed by atoms with Gasteiger partial charge in [-0.2, -0.15) is 5.10 Å². The van der Waals surface area contributed by atoms with Crippen LogP contribution in [-0.4, -0.2) is 27.8 Å². The van der Waals surface area contributed by atoms with Gasteiger partial charge >= 0.3 is 5.97 Å². The molecule has 1 heterocycles. The Morgan fingerprint density at radius 1 is 1.00 bits per heavy atom. The normalized spacial score (nSPS) is 12.0. The Bertz CT molecular complexity index is 976. The van der Waals surface area contributed by atoms with Gasteiger partial charge in [0.1, 0.15) is 11.3 Å². The Hall–Kier alpha value is -3.41. The Kier molecular flexibility index (Phi) is 5.59. The quantitative estimate of drug-likeness (QED) is 0.664. The van der Waals surface area contributed by atoms with E-state index in [-0.39, 0.29) is 5.56 Å². The van der Waals surface area contributed by atoms with Crippen molar-refractivity contribution >= 4 is 11.9 Å². The monoisotopic (exact) mass is 377 g/mol. The third kappa shape index (κ3) is 4.11. The molecule has 0 fully saturated rings. The SMILES string of the molecule is CC(C)c1ccc(-c2nn(-c3ccccc3)cc2C(=O)O[C@@H](C)C(N)=O)cc1. The van der Waals surface area contributed by atoms with Crippen LogP contribution in [0.4, 0.5) is 0 Å². The van der Waals surface area contributed by atoms with Crippen LogP contribution in [0, 0.1) is 0 Å². The lowest BCUT2D eigenvalue weighted by atomic mass is 10.00. The fourth-order valence-corrected chi connectivity index (χ4v) is 2.76. The van der Waals surface area contributed by atoms with Gasteiger partial charge < -0.3 is 10.5 Å². The average Bonchev–Trinajstić information content (AvgIpc) is 3.14. The van der Waals surface area contributed by atoms with Crippen molar-refractivity contribution in [1.29, 1.82) is 0 Å². The molecule has 0 spiro atoms. The lowest BCUT2D eigenvalue weighted by Crippen LogP contribution is -2.30. The number of carbonyl (C=O) groups is 2. The number of ether oxygens (including phenoxy) is 1. The molecule has 0 saturated carbocycles. The van der Waals surface area contributed by atoms with Crippen LogP contribution < -0.4 is 5.73 Å². The summed E-state index contributed by atoms with van der Waals surface area (Å²) in [5.41, 5.74) is 8.77. The van der Waals surface area contributed by atoms with Gasteiger partial charge in [0.05, 0.1) is 5.69 Å². The van der Waals surface area contributed by atoms with E-state index in [1.165, 1.54) is 12.5 Å². The molecule has 0 saturated heterocycles. The summed E-state index contributed by atoms with van der Waals surface area (Å²) >= 11 is 0. The summed E-state index contributed by atoms with van der Waals surface area (Å²) in [6, 6.07) is 17.4. The molecule has 144 valence electrons. The number of hydrogen-bond donors (Lipinski definition) is 1. The number of hydrogen-bond acceptors (Lipinski definition) is 4. The predicted octanol–water partition coefficient (Wildman–Crippen LogP) is 3.69. The minimum absolute atomic E-state index is 0.272. The van der Waals surface area contributed by atoms with Gasteiger partial charge in [-0.25, -0.2) is 9.48 Å². The molecule has 28 heavy (non-hydrogen) atoms. The highest BCUT2D eigenvalue weighted by molar-refractivity contribution is 5.97. The molecular weight excluding hydrogens is 354 g/mol. The zero-order valence-electron chi connectivity index (χ0n) is 16.1. The molecule has 0 bridgehead atoms. The van der Waals surface area contributed by atoms with Crippen LogP contribution >= 0.6 is 0 Å². The first-order valence-corrected chi connectivity index (χ1v) is 9.12. The standard InChI is InChI=1S/C22H23N3O3/c1-14(2)16-9-11-17(12-10-16)20-19(22(27)28-15(3)21(23)26)13-25(24-20)18-7-5-4-6-8-18/h4-15H,1-3H3,(H2,23,26)/t15-/m0/s1. The number of carbonyl (C=O) groups excluding carboxylic acids is 2. The maximum atomic E-state index is 12.7. The van der Waals surface area contributed by atoms with Crippen LogP contribution in [0.15, 0.2) is 60.8 Å². The third-order valence-corrected chi connectivity index (χ3v) is 4.49. The van der Waals surface area contributed by atoms with Crippen LogP contribution in [0.25, 0.3) is 16.9 Å². The fraction of sp³-hybridized carbons (Fsp3) is 0.227. The first kappa shape index (κ1) is 19.4. The molecule has 0 unspecified atom stereocenters. The highest BCUT2D eigenvalue weighted by Crippen LogP contribution is 2.26. The molecule has 0 radical (unpaired) electrons. The second kappa shape index (κ2) is 8.08. The molecule has 0 aliphatic carbocycles. The molecule has 1 aromatic heterocycles. The molecule has 6 heteroatoms. The first-order valence-electron chi connectivity index (χ1n) is 9.12. The molecule has 1 atom stereocenters. The highest BCUT2D eigenvalue weighted by atomic mass is 16.5. The van der Waals surface area contributed by atoms with Gasteiger partial charge in [0.15, 0.2) is 6.10 Å². The third-order valence-electron chi connectivity index (χ3n) is 4.49. The van der Waals surface area contributed by atoms with Gasteiger partial charge in [-0.15, -0.1) is 0 Å². The Morgan fingerprint density at radius 3 is 2.21 bits per heavy atom. The maximum absolute atomic E-state index is 12.7. The second-order valence-corrected chi connectivity index (χ2v) is 6.90. The summed E-state index contributed by atoms with van der Waals surface area (Å²) in [6.07, 6.45) is 0.584. The smallest absolute Gasteiger partial charge is 0.342 e. The average molecular weight is 377 g/mol. The Balaban J connectivity index is 2.04. The molecule has 2 N–H and O–H groups in total. The van der Waals surface area contributed by atoms with E-state index in [0.29, 0.717) is 11.6 Å². The molecule has 2 aromatic carbocycles. The largest absolute Gasteiger partial charge is 0.449 e. The fourth-order valence-electron chi connectivity index (χ4n) is 2.76. The van der Waals surface area contributed by atoms with E-state index in [4.69, 9.17) is 10.5 Å². The van der Waals surface area contributed by atoms with E-state index in [2.05, 4.69) is 18.9 Å². The molecule has 0 aliphatic rings. The zero-order valence-corrected chi connectivity index (χ0v) is 16.1. The number of para-hydroxylation sites is 1. The lowest BCUT2D eigenvalue weighted by Gasteiger charge is -2.10. The summed E-state index contributed by atoms with van der Waals surface area (Å²) < 4.78 is 6.83. The van der Waals surface area contributed by atoms with Gasteiger partial charge in [0, 0.05) is 11.8 Å². The second-order valence-electron chi connectivity index (χ2n) is 6.90. The topological polar surface area (TPSA) is 87.2 Å². The van der Waals surface area contributed by atoms with Crippen LogP contribution in [0.5, 0.6) is 0 Å². The number of esters is 1. The van der Waals surface area contributed by atoms with E-state index in [1.807, 2.05) is 54.6 Å². The predicted molar refractivity (Wildman–Crippen MR) is 107 cm³/mol. The van der Waals surface area contributed by atoms with Gasteiger partial charge in [0.25, 0.3) is 5.91 Å². The minimum atomic E-state index is -1.02. The summed E-state index contributed by atoms with van der Waals surface area (Å²) in [5, 5.41) is 4.60. The van der Waals surface area contributed by atoms with Crippen molar-refractivity contribution in [2.24, 2.45) is 5.73 Å². The number of nitrogens with zero attached hydrogens (tertiary/aromatic N) is 2. The summed E-state index contributed by atoms with van der Waals surface area (Å²) in [4.78, 5) is 24.0. The van der Waals surface area contributed by atoms with Gasteiger partial charge in [-0.3, -0.25) is 4.79 Å². The lowest BCUT2D eigenvalue weighted by molar-refractivity contribution is -0.125. The van der Waals surface area contributed by atoms with E-state index < -0.39 is 18.0 Å². The number of benzene rings is 2. The van der Waals surface area contributed by atoms with E-state index in [1.54, 1.807) is 10.9 Å². The van der Waals surface area contributed by atoms with Crippen molar-refractivity contribution in [2.75, 3.05) is 0 Å². The summed E-state index contributed by atoms with van der Waals surface area (Å²) in [7, 11) is 0. The Morgan fingerprint density at radius 2 is 1.64 bits per heavy atom. The van der Waals surface area contributed by atoms with Gasteiger partial charge in [-0.05, 0) is 30.5 Å². The molecule has 6 nitrogen and oxygen atoms in total. The van der Waals surface area contributed by atoms with Crippen molar-refractivity contribution in [3.63, 3.8) is 0 Å². The summed E-state index contributed by atoms with van der Waals surface area (Å²) in [6.45, 7) is 5.68. The molecule has 3 aromatic rings. The van der Waals surface area contributed by atoms with Gasteiger partial charge in [0.2, 0.25) is 0 Å². The van der Waals surface area contributed by atoms with Crippen molar-refractivity contribution in [3.05, 3.63) is 71.9 Å². The molecular formula is C22H23N3O3. The summed E-state index contributed by atoms with van der Waals surface area (Å²) in [5.74, 6) is -0.945. The van der Waals surface area contributed by atoms with Crippen LogP contribution in [0.1, 0.15) is 42.6 Å². The van der Waals surface area contributed by atoms with E-state index in [9.17, 15) is 9.59 Å². The molecule has 1 amide bonds. The first-order chi connectivity index (χ1) is 13.4. The van der Waals surface area contributed by atoms with E-state index >= 15 is 0 Å².